The topological polar surface area (TPSA) is 32.7 Å². The zero-order valence-electron chi connectivity index (χ0n) is 12.0. The molecule has 0 heterocycles. The highest BCUT2D eigenvalue weighted by molar-refractivity contribution is 5.38. The van der Waals surface area contributed by atoms with E-state index >= 15 is 0 Å². The number of likely N-dealkylation sites (N-methyl/N-ethyl adjacent to an activating group) is 1. The Morgan fingerprint density at radius 1 is 1.32 bits per heavy atom. The molecule has 0 fully saturated rings. The van der Waals surface area contributed by atoms with Gasteiger partial charge < -0.3 is 14.7 Å². The second kappa shape index (κ2) is 8.58. The van der Waals surface area contributed by atoms with Gasteiger partial charge in [-0.05, 0) is 44.7 Å². The Morgan fingerprint density at radius 3 is 2.58 bits per heavy atom. The van der Waals surface area contributed by atoms with Crippen LogP contribution in [0.5, 0.6) is 5.75 Å². The summed E-state index contributed by atoms with van der Waals surface area (Å²) in [6.07, 6.45) is 1.15. The number of ether oxygens (including phenoxy) is 1. The van der Waals surface area contributed by atoms with E-state index in [9.17, 15) is 0 Å². The third-order valence-electron chi connectivity index (χ3n) is 3.22. The molecular weight excluding hydrogens is 238 g/mol. The summed E-state index contributed by atoms with van der Waals surface area (Å²) in [6.45, 7) is 5.90. The van der Waals surface area contributed by atoms with Gasteiger partial charge in [-0.15, -0.1) is 0 Å². The fourth-order valence-electron chi connectivity index (χ4n) is 1.62. The lowest BCUT2D eigenvalue weighted by molar-refractivity contribution is 0.196. The summed E-state index contributed by atoms with van der Waals surface area (Å²) in [5.41, 5.74) is 0.887. The van der Waals surface area contributed by atoms with E-state index in [4.69, 9.17) is 9.84 Å². The van der Waals surface area contributed by atoms with Crippen LogP contribution in [-0.2, 0) is 0 Å². The molecule has 1 N–H and O–H groups in total. The average Bonchev–Trinajstić information content (AvgIpc) is 2.45. The van der Waals surface area contributed by atoms with Crippen molar-refractivity contribution in [3.8, 4) is 17.6 Å². The van der Waals surface area contributed by atoms with E-state index in [1.54, 1.807) is 0 Å². The lowest BCUT2D eigenvalue weighted by Crippen LogP contribution is -2.32. The minimum atomic E-state index is -0.111. The van der Waals surface area contributed by atoms with Crippen LogP contribution in [0, 0.1) is 11.8 Å². The summed E-state index contributed by atoms with van der Waals surface area (Å²) in [5, 5.41) is 8.61. The Balaban J connectivity index is 2.38. The number of aliphatic hydroxyl groups is 1. The van der Waals surface area contributed by atoms with E-state index in [1.807, 2.05) is 24.3 Å². The van der Waals surface area contributed by atoms with Gasteiger partial charge in [-0.2, -0.15) is 0 Å². The molecule has 1 aromatic rings. The maximum absolute atomic E-state index is 8.61. The van der Waals surface area contributed by atoms with Gasteiger partial charge in [-0.25, -0.2) is 0 Å². The van der Waals surface area contributed by atoms with Gasteiger partial charge in [0.05, 0.1) is 0 Å². The minimum Gasteiger partial charge on any atom is -0.492 e. The van der Waals surface area contributed by atoms with Crippen LogP contribution in [-0.4, -0.2) is 42.9 Å². The first-order chi connectivity index (χ1) is 9.17. The molecule has 1 rings (SSSR count). The number of rotatable bonds is 6. The Kier molecular flexibility index (Phi) is 7.02. The minimum absolute atomic E-state index is 0.111. The smallest absolute Gasteiger partial charge is 0.119 e. The van der Waals surface area contributed by atoms with Crippen LogP contribution in [0.3, 0.4) is 0 Å². The highest BCUT2D eigenvalue weighted by Crippen LogP contribution is 2.11. The largest absolute Gasteiger partial charge is 0.492 e. The molecule has 0 saturated heterocycles. The van der Waals surface area contributed by atoms with Crippen molar-refractivity contribution in [1.29, 1.82) is 0 Å². The van der Waals surface area contributed by atoms with Gasteiger partial charge in [-0.3, -0.25) is 0 Å². The number of nitrogens with zero attached hydrogens (tertiary/aromatic N) is 1. The van der Waals surface area contributed by atoms with E-state index in [0.717, 1.165) is 24.3 Å². The quantitative estimate of drug-likeness (QED) is 0.796. The van der Waals surface area contributed by atoms with Crippen molar-refractivity contribution in [3.05, 3.63) is 29.8 Å². The first-order valence-corrected chi connectivity index (χ1v) is 6.70. The normalized spacial score (nSPS) is 11.8. The molecular formula is C16H23NO2. The van der Waals surface area contributed by atoms with Gasteiger partial charge in [0.25, 0.3) is 0 Å². The molecule has 0 aliphatic carbocycles. The summed E-state index contributed by atoms with van der Waals surface area (Å²) in [6, 6.07) is 8.20. The third-order valence-corrected chi connectivity index (χ3v) is 3.22. The molecule has 0 aromatic heterocycles. The summed E-state index contributed by atoms with van der Waals surface area (Å²) >= 11 is 0. The summed E-state index contributed by atoms with van der Waals surface area (Å²) in [4.78, 5) is 2.29. The first-order valence-electron chi connectivity index (χ1n) is 6.70. The third kappa shape index (κ3) is 5.78. The molecule has 3 heteroatoms. The lowest BCUT2D eigenvalue weighted by Gasteiger charge is -2.23. The fourth-order valence-corrected chi connectivity index (χ4v) is 1.62. The highest BCUT2D eigenvalue weighted by atomic mass is 16.5. The summed E-state index contributed by atoms with van der Waals surface area (Å²) < 4.78 is 5.69. The zero-order chi connectivity index (χ0) is 14.1. The van der Waals surface area contributed by atoms with Crippen molar-refractivity contribution in [2.75, 3.05) is 26.8 Å². The average molecular weight is 261 g/mol. The van der Waals surface area contributed by atoms with Crippen molar-refractivity contribution in [3.63, 3.8) is 0 Å². The van der Waals surface area contributed by atoms with Gasteiger partial charge >= 0.3 is 0 Å². The van der Waals surface area contributed by atoms with Gasteiger partial charge in [0.1, 0.15) is 19.0 Å². The second-order valence-electron chi connectivity index (χ2n) is 4.57. The zero-order valence-corrected chi connectivity index (χ0v) is 12.0. The SMILES string of the molecule is CCC(C)N(C)CCOc1ccc(C#CCO)cc1. The predicted molar refractivity (Wildman–Crippen MR) is 78.3 cm³/mol. The van der Waals surface area contributed by atoms with Gasteiger partial charge in [0.2, 0.25) is 0 Å². The van der Waals surface area contributed by atoms with Crippen LogP contribution >= 0.6 is 0 Å². The molecule has 0 amide bonds. The Hall–Kier alpha value is -1.50. The van der Waals surface area contributed by atoms with Crippen LogP contribution in [0.25, 0.3) is 0 Å². The summed E-state index contributed by atoms with van der Waals surface area (Å²) in [7, 11) is 2.12. The predicted octanol–water partition coefficient (Wildman–Crippen LogP) is 2.14. The van der Waals surface area contributed by atoms with Gasteiger partial charge in [0.15, 0.2) is 0 Å². The van der Waals surface area contributed by atoms with E-state index in [0.29, 0.717) is 12.6 Å². The second-order valence-corrected chi connectivity index (χ2v) is 4.57. The molecule has 1 unspecified atom stereocenters. The molecule has 0 aliphatic heterocycles. The molecule has 0 spiro atoms. The molecule has 0 bridgehead atoms. The van der Waals surface area contributed by atoms with E-state index in [1.165, 1.54) is 0 Å². The van der Waals surface area contributed by atoms with Crippen LogP contribution in [0.1, 0.15) is 25.8 Å². The number of benzene rings is 1. The Morgan fingerprint density at radius 2 is 2.00 bits per heavy atom. The van der Waals surface area contributed by atoms with Crippen LogP contribution in [0.15, 0.2) is 24.3 Å². The first kappa shape index (κ1) is 15.6. The highest BCUT2D eigenvalue weighted by Gasteiger charge is 2.05. The maximum Gasteiger partial charge on any atom is 0.119 e. The van der Waals surface area contributed by atoms with E-state index < -0.39 is 0 Å². The van der Waals surface area contributed by atoms with Crippen molar-refractivity contribution in [2.45, 2.75) is 26.3 Å². The molecule has 1 aromatic carbocycles. The maximum atomic E-state index is 8.61. The van der Waals surface area contributed by atoms with Gasteiger partial charge in [0, 0.05) is 18.2 Å². The van der Waals surface area contributed by atoms with E-state index in [-0.39, 0.29) is 6.61 Å². The van der Waals surface area contributed by atoms with Gasteiger partial charge in [-0.1, -0.05) is 18.8 Å². The fraction of sp³-hybridized carbons (Fsp3) is 0.500. The molecule has 1 atom stereocenters. The summed E-state index contributed by atoms with van der Waals surface area (Å²) in [5.74, 6) is 6.33. The molecule has 0 saturated carbocycles. The standard InChI is InChI=1S/C16H23NO2/c1-4-14(2)17(3)11-13-19-16-9-7-15(8-10-16)6-5-12-18/h7-10,14,18H,4,11-13H2,1-3H3. The van der Waals surface area contributed by atoms with Crippen molar-refractivity contribution in [1.82, 2.24) is 4.90 Å². The monoisotopic (exact) mass is 261 g/mol. The van der Waals surface area contributed by atoms with E-state index in [2.05, 4.69) is 37.6 Å². The molecule has 0 aliphatic rings. The van der Waals surface area contributed by atoms with Crippen LogP contribution < -0.4 is 4.74 Å². The lowest BCUT2D eigenvalue weighted by atomic mass is 10.2. The molecule has 0 radical (unpaired) electrons. The Bertz CT molecular complexity index is 417. The van der Waals surface area contributed by atoms with Crippen molar-refractivity contribution >= 4 is 0 Å². The molecule has 19 heavy (non-hydrogen) atoms. The molecule has 104 valence electrons. The van der Waals surface area contributed by atoms with Crippen molar-refractivity contribution in [2.24, 2.45) is 0 Å². The van der Waals surface area contributed by atoms with Crippen LogP contribution in [0.4, 0.5) is 0 Å². The Labute approximate surface area is 116 Å². The number of aliphatic hydroxyl groups excluding tert-OH is 1. The number of hydrogen-bond donors (Lipinski definition) is 1. The van der Waals surface area contributed by atoms with Crippen molar-refractivity contribution < 1.29 is 9.84 Å². The van der Waals surface area contributed by atoms with Crippen LogP contribution in [0.2, 0.25) is 0 Å². The molecule has 3 nitrogen and oxygen atoms in total. The number of hydrogen-bond acceptors (Lipinski definition) is 3.